The van der Waals surface area contributed by atoms with E-state index in [-0.39, 0.29) is 23.8 Å². The van der Waals surface area contributed by atoms with Gasteiger partial charge in [-0.1, -0.05) is 60.7 Å². The van der Waals surface area contributed by atoms with Gasteiger partial charge in [-0.2, -0.15) is 0 Å². The van der Waals surface area contributed by atoms with Crippen molar-refractivity contribution >= 4 is 11.8 Å². The zero-order valence-corrected chi connectivity index (χ0v) is 16.7. The Kier molecular flexibility index (Phi) is 6.82. The minimum absolute atomic E-state index is 0.0545. The normalized spacial score (nSPS) is 16.8. The van der Waals surface area contributed by atoms with Crippen LogP contribution in [0.25, 0.3) is 0 Å². The van der Waals surface area contributed by atoms with Gasteiger partial charge in [0.2, 0.25) is 11.8 Å². The number of benzene rings is 2. The third-order valence-corrected chi connectivity index (χ3v) is 5.17. The largest absolute Gasteiger partial charge is 0.345 e. The second kappa shape index (κ2) is 9.51. The maximum absolute atomic E-state index is 13.0. The summed E-state index contributed by atoms with van der Waals surface area (Å²) < 4.78 is 0. The van der Waals surface area contributed by atoms with Gasteiger partial charge in [0.15, 0.2) is 0 Å². The summed E-state index contributed by atoms with van der Waals surface area (Å²) in [6, 6.07) is 19.7. The van der Waals surface area contributed by atoms with Gasteiger partial charge >= 0.3 is 0 Å². The van der Waals surface area contributed by atoms with E-state index in [0.29, 0.717) is 19.5 Å². The second-order valence-electron chi connectivity index (χ2n) is 7.66. The highest BCUT2D eigenvalue weighted by Gasteiger charge is 2.35. The number of hydrogen-bond acceptors (Lipinski definition) is 3. The maximum atomic E-state index is 13.0. The fourth-order valence-corrected chi connectivity index (χ4v) is 3.65. The molecule has 28 heavy (non-hydrogen) atoms. The monoisotopic (exact) mass is 379 g/mol. The third kappa shape index (κ3) is 5.20. The molecule has 1 heterocycles. The number of nitrogens with zero attached hydrogens (tertiary/aromatic N) is 2. The van der Waals surface area contributed by atoms with Gasteiger partial charge in [-0.3, -0.25) is 9.59 Å². The number of nitrogens with one attached hydrogen (secondary N) is 1. The first-order valence-electron chi connectivity index (χ1n) is 9.87. The Bertz CT molecular complexity index is 737. The average molecular weight is 380 g/mol. The lowest BCUT2D eigenvalue weighted by Crippen LogP contribution is -2.36. The highest BCUT2D eigenvalue weighted by molar-refractivity contribution is 5.89. The number of rotatable bonds is 8. The fourth-order valence-electron chi connectivity index (χ4n) is 3.65. The van der Waals surface area contributed by atoms with Gasteiger partial charge in [-0.05, 0) is 38.2 Å². The van der Waals surface area contributed by atoms with Crippen LogP contribution in [-0.4, -0.2) is 55.3 Å². The van der Waals surface area contributed by atoms with Crippen molar-refractivity contribution in [2.75, 3.05) is 33.7 Å². The first kappa shape index (κ1) is 20.1. The molecule has 1 N–H and O–H groups in total. The summed E-state index contributed by atoms with van der Waals surface area (Å²) in [5.41, 5.74) is 2.07. The number of likely N-dealkylation sites (tertiary alicyclic amines) is 1. The van der Waals surface area contributed by atoms with Crippen LogP contribution < -0.4 is 5.32 Å². The summed E-state index contributed by atoms with van der Waals surface area (Å²) in [5.74, 6) is -0.266. The van der Waals surface area contributed by atoms with Crippen molar-refractivity contribution in [1.82, 2.24) is 15.1 Å². The van der Waals surface area contributed by atoms with Crippen molar-refractivity contribution in [3.8, 4) is 0 Å². The van der Waals surface area contributed by atoms with Crippen molar-refractivity contribution in [2.24, 2.45) is 5.92 Å². The van der Waals surface area contributed by atoms with Crippen molar-refractivity contribution in [2.45, 2.75) is 18.9 Å². The first-order chi connectivity index (χ1) is 13.5. The van der Waals surface area contributed by atoms with E-state index in [1.165, 1.54) is 0 Å². The van der Waals surface area contributed by atoms with E-state index in [2.05, 4.69) is 10.2 Å². The summed E-state index contributed by atoms with van der Waals surface area (Å²) in [7, 11) is 4.05. The molecule has 0 aliphatic carbocycles. The molecule has 1 aliphatic rings. The molecule has 5 heteroatoms. The zero-order chi connectivity index (χ0) is 19.9. The van der Waals surface area contributed by atoms with Crippen LogP contribution in [0.1, 0.15) is 30.0 Å². The van der Waals surface area contributed by atoms with Crippen LogP contribution in [0.2, 0.25) is 0 Å². The Labute approximate surface area is 167 Å². The predicted molar refractivity (Wildman–Crippen MR) is 111 cm³/mol. The molecular weight excluding hydrogens is 350 g/mol. The summed E-state index contributed by atoms with van der Waals surface area (Å²) >= 11 is 0. The summed E-state index contributed by atoms with van der Waals surface area (Å²) in [6.07, 6.45) is 1.22. The molecule has 0 aromatic heterocycles. The van der Waals surface area contributed by atoms with Gasteiger partial charge in [0.05, 0.1) is 12.0 Å². The van der Waals surface area contributed by atoms with Crippen LogP contribution in [0.4, 0.5) is 0 Å². The average Bonchev–Trinajstić information content (AvgIpc) is 3.08. The van der Waals surface area contributed by atoms with Crippen molar-refractivity contribution < 1.29 is 9.59 Å². The lowest BCUT2D eigenvalue weighted by Gasteiger charge is -2.22. The molecule has 2 aromatic carbocycles. The molecule has 2 amide bonds. The molecular formula is C23H29N3O2. The Morgan fingerprint density at radius 3 is 2.18 bits per heavy atom. The molecule has 2 aromatic rings. The van der Waals surface area contributed by atoms with Crippen molar-refractivity contribution in [1.29, 1.82) is 0 Å². The molecule has 1 atom stereocenters. The van der Waals surface area contributed by atoms with Crippen LogP contribution >= 0.6 is 0 Å². The minimum Gasteiger partial charge on any atom is -0.345 e. The Morgan fingerprint density at radius 1 is 1.07 bits per heavy atom. The molecule has 5 nitrogen and oxygen atoms in total. The van der Waals surface area contributed by atoms with Gasteiger partial charge in [-0.25, -0.2) is 0 Å². The highest BCUT2D eigenvalue weighted by Crippen LogP contribution is 2.24. The van der Waals surface area contributed by atoms with Gasteiger partial charge < -0.3 is 15.1 Å². The Morgan fingerprint density at radius 2 is 1.64 bits per heavy atom. The van der Waals surface area contributed by atoms with E-state index in [4.69, 9.17) is 0 Å². The number of hydrogen-bond donors (Lipinski definition) is 1. The fraction of sp³-hybridized carbons (Fsp3) is 0.391. The van der Waals surface area contributed by atoms with E-state index >= 15 is 0 Å². The summed E-state index contributed by atoms with van der Waals surface area (Å²) in [6.45, 7) is 2.15. The van der Waals surface area contributed by atoms with Crippen LogP contribution in [0.3, 0.4) is 0 Å². The number of carbonyl (C=O) groups excluding carboxylic acids is 2. The molecule has 3 rings (SSSR count). The Hall–Kier alpha value is -2.66. The van der Waals surface area contributed by atoms with Gasteiger partial charge in [0.1, 0.15) is 0 Å². The number of amides is 2. The summed E-state index contributed by atoms with van der Waals surface area (Å²) in [4.78, 5) is 29.2. The predicted octanol–water partition coefficient (Wildman–Crippen LogP) is 2.69. The van der Waals surface area contributed by atoms with Crippen LogP contribution in [0.15, 0.2) is 60.7 Å². The van der Waals surface area contributed by atoms with Gasteiger partial charge in [0, 0.05) is 19.5 Å². The molecule has 1 aliphatic heterocycles. The molecule has 0 bridgehead atoms. The van der Waals surface area contributed by atoms with E-state index in [1.807, 2.05) is 79.7 Å². The molecule has 1 unspecified atom stereocenters. The minimum atomic E-state index is -0.290. The Balaban J connectivity index is 1.67. The first-order valence-corrected chi connectivity index (χ1v) is 9.87. The second-order valence-corrected chi connectivity index (χ2v) is 7.66. The molecule has 0 saturated carbocycles. The zero-order valence-electron chi connectivity index (χ0n) is 16.7. The van der Waals surface area contributed by atoms with Crippen molar-refractivity contribution in [3.05, 3.63) is 71.8 Å². The quantitative estimate of drug-likeness (QED) is 0.767. The van der Waals surface area contributed by atoms with Gasteiger partial charge in [-0.15, -0.1) is 0 Å². The summed E-state index contributed by atoms with van der Waals surface area (Å²) in [5, 5.41) is 3.18. The van der Waals surface area contributed by atoms with Gasteiger partial charge in [0.25, 0.3) is 0 Å². The lowest BCUT2D eigenvalue weighted by atomic mass is 9.97. The van der Waals surface area contributed by atoms with Crippen LogP contribution in [0, 0.1) is 5.92 Å². The molecule has 1 fully saturated rings. The SMILES string of the molecule is CN(C)CCCN1CC(C(=O)NC(c2ccccc2)c2ccccc2)CC1=O. The molecule has 0 spiro atoms. The molecule has 0 radical (unpaired) electrons. The van der Waals surface area contributed by atoms with Crippen LogP contribution in [-0.2, 0) is 9.59 Å². The van der Waals surface area contributed by atoms with E-state index in [0.717, 1.165) is 24.1 Å². The number of carbonyl (C=O) groups is 2. The van der Waals surface area contributed by atoms with Crippen molar-refractivity contribution in [3.63, 3.8) is 0 Å². The van der Waals surface area contributed by atoms with E-state index in [9.17, 15) is 9.59 Å². The van der Waals surface area contributed by atoms with E-state index < -0.39 is 0 Å². The van der Waals surface area contributed by atoms with Crippen LogP contribution in [0.5, 0.6) is 0 Å². The highest BCUT2D eigenvalue weighted by atomic mass is 16.2. The smallest absolute Gasteiger partial charge is 0.226 e. The third-order valence-electron chi connectivity index (χ3n) is 5.17. The standard InChI is InChI=1S/C23H29N3O2/c1-25(2)14-9-15-26-17-20(16-21(26)27)23(28)24-22(18-10-5-3-6-11-18)19-12-7-4-8-13-19/h3-8,10-13,20,22H,9,14-17H2,1-2H3,(H,24,28). The topological polar surface area (TPSA) is 52.6 Å². The van der Waals surface area contributed by atoms with E-state index in [1.54, 1.807) is 0 Å². The molecule has 148 valence electrons. The maximum Gasteiger partial charge on any atom is 0.226 e. The lowest BCUT2D eigenvalue weighted by molar-refractivity contribution is -0.129. The molecule has 1 saturated heterocycles.